The minimum absolute atomic E-state index is 0.113. The molecule has 0 bridgehead atoms. The predicted molar refractivity (Wildman–Crippen MR) is 119 cm³/mol. The molecule has 162 valence electrons. The van der Waals surface area contributed by atoms with E-state index in [-0.39, 0.29) is 23.6 Å². The van der Waals surface area contributed by atoms with E-state index in [2.05, 4.69) is 14.9 Å². The molecule has 4 rings (SSSR count). The van der Waals surface area contributed by atoms with E-state index in [0.29, 0.717) is 17.2 Å². The van der Waals surface area contributed by atoms with Gasteiger partial charge in [-0.05, 0) is 74.5 Å². The summed E-state index contributed by atoms with van der Waals surface area (Å²) in [6.07, 6.45) is 4.09. The van der Waals surface area contributed by atoms with Crippen molar-refractivity contribution in [2.24, 2.45) is 0 Å². The summed E-state index contributed by atoms with van der Waals surface area (Å²) in [4.78, 5) is 28.7. The molecule has 0 aliphatic heterocycles. The minimum atomic E-state index is -0.955. The van der Waals surface area contributed by atoms with Crippen molar-refractivity contribution in [3.63, 3.8) is 0 Å². The molecular formula is C23H26N4O3S. The van der Waals surface area contributed by atoms with Gasteiger partial charge in [-0.25, -0.2) is 0 Å². The summed E-state index contributed by atoms with van der Waals surface area (Å²) in [5, 5.41) is 8.72. The quantitative estimate of drug-likeness (QED) is 0.612. The van der Waals surface area contributed by atoms with Crippen molar-refractivity contribution in [3.05, 3.63) is 64.1 Å². The highest BCUT2D eigenvalue weighted by atomic mass is 32.1. The largest absolute Gasteiger partial charge is 0.464 e. The number of rotatable bonds is 6. The summed E-state index contributed by atoms with van der Waals surface area (Å²) in [6, 6.07) is 8.57. The molecule has 1 fully saturated rings. The van der Waals surface area contributed by atoms with Gasteiger partial charge in [0.05, 0.1) is 0 Å². The number of nitrogens with zero attached hydrogens (tertiary/aromatic N) is 3. The van der Waals surface area contributed by atoms with Crippen LogP contribution >= 0.6 is 11.5 Å². The third-order valence-electron chi connectivity index (χ3n) is 5.66. The molecule has 0 radical (unpaired) electrons. The molecule has 0 saturated heterocycles. The fourth-order valence-electron chi connectivity index (χ4n) is 4.05. The molecule has 8 heteroatoms. The van der Waals surface area contributed by atoms with E-state index in [1.54, 1.807) is 17.5 Å². The molecule has 2 amide bonds. The molecule has 1 saturated carbocycles. The number of aromatic nitrogens is 2. The zero-order valence-electron chi connectivity index (χ0n) is 17.9. The van der Waals surface area contributed by atoms with Crippen LogP contribution in [-0.2, 0) is 4.79 Å². The van der Waals surface area contributed by atoms with E-state index >= 15 is 0 Å². The minimum Gasteiger partial charge on any atom is -0.464 e. The number of hydrogen-bond acceptors (Lipinski definition) is 6. The molecule has 3 aromatic rings. The molecular weight excluding hydrogens is 412 g/mol. The fourth-order valence-corrected chi connectivity index (χ4v) is 4.48. The summed E-state index contributed by atoms with van der Waals surface area (Å²) in [7, 11) is 0. The summed E-state index contributed by atoms with van der Waals surface area (Å²) in [6.45, 7) is 5.71. The van der Waals surface area contributed by atoms with E-state index in [9.17, 15) is 9.59 Å². The normalized spacial score (nSPS) is 15.1. The molecule has 2 aromatic heterocycles. The molecule has 0 spiro atoms. The first-order chi connectivity index (χ1) is 14.9. The van der Waals surface area contributed by atoms with Gasteiger partial charge >= 0.3 is 0 Å². The molecule has 1 aliphatic carbocycles. The van der Waals surface area contributed by atoms with Crippen LogP contribution in [0.5, 0.6) is 0 Å². The Balaban J connectivity index is 1.83. The van der Waals surface area contributed by atoms with Crippen LogP contribution in [0.3, 0.4) is 0 Å². The summed E-state index contributed by atoms with van der Waals surface area (Å²) in [5.41, 5.74) is 2.72. The first kappa shape index (κ1) is 21.2. The Kier molecular flexibility index (Phi) is 6.18. The van der Waals surface area contributed by atoms with E-state index < -0.39 is 6.04 Å². The highest BCUT2D eigenvalue weighted by Crippen LogP contribution is 2.34. The molecule has 2 heterocycles. The van der Waals surface area contributed by atoms with Crippen molar-refractivity contribution in [2.45, 2.75) is 58.5 Å². The van der Waals surface area contributed by atoms with E-state index in [4.69, 9.17) is 4.42 Å². The lowest BCUT2D eigenvalue weighted by molar-refractivity contribution is -0.123. The van der Waals surface area contributed by atoms with Gasteiger partial charge in [-0.3, -0.25) is 14.5 Å². The lowest BCUT2D eigenvalue weighted by Crippen LogP contribution is -2.46. The summed E-state index contributed by atoms with van der Waals surface area (Å²) in [5.74, 6) is 0.463. The first-order valence-corrected chi connectivity index (χ1v) is 11.3. The number of anilines is 1. The third kappa shape index (κ3) is 4.54. The Hall–Kier alpha value is -3.00. The van der Waals surface area contributed by atoms with Gasteiger partial charge < -0.3 is 9.73 Å². The molecule has 31 heavy (non-hydrogen) atoms. The second kappa shape index (κ2) is 9.01. The van der Waals surface area contributed by atoms with Crippen molar-refractivity contribution in [2.75, 3.05) is 4.90 Å². The number of amides is 2. The molecule has 1 atom stereocenters. The van der Waals surface area contributed by atoms with Crippen molar-refractivity contribution in [3.8, 4) is 0 Å². The summed E-state index contributed by atoms with van der Waals surface area (Å²) < 4.78 is 9.73. The van der Waals surface area contributed by atoms with E-state index in [1.807, 2.05) is 39.0 Å². The van der Waals surface area contributed by atoms with Gasteiger partial charge in [-0.15, -0.1) is 5.10 Å². The lowest BCUT2D eigenvalue weighted by atomic mass is 10.0. The second-order valence-electron chi connectivity index (χ2n) is 8.10. The average molecular weight is 439 g/mol. The topological polar surface area (TPSA) is 88.3 Å². The SMILES string of the molecule is Cc1ccc(C)c(N(C(=O)c2csnn2)C(C(=O)NC2CCCC2)c2ccc(C)o2)c1. The van der Waals surface area contributed by atoms with E-state index in [0.717, 1.165) is 48.3 Å². The number of carbonyl (C=O) groups excluding carboxylic acids is 2. The van der Waals surface area contributed by atoms with Gasteiger partial charge in [0.2, 0.25) is 0 Å². The van der Waals surface area contributed by atoms with Crippen molar-refractivity contribution in [1.82, 2.24) is 14.9 Å². The molecule has 1 N–H and O–H groups in total. The van der Waals surface area contributed by atoms with Gasteiger partial charge in [-0.1, -0.05) is 29.5 Å². The van der Waals surface area contributed by atoms with Gasteiger partial charge in [0.1, 0.15) is 11.5 Å². The average Bonchev–Trinajstić information content (AvgIpc) is 3.50. The van der Waals surface area contributed by atoms with Gasteiger partial charge in [0.15, 0.2) is 11.7 Å². The number of benzene rings is 1. The highest BCUT2D eigenvalue weighted by molar-refractivity contribution is 7.03. The van der Waals surface area contributed by atoms with Crippen LogP contribution in [-0.4, -0.2) is 27.4 Å². The zero-order chi connectivity index (χ0) is 22.0. The first-order valence-electron chi connectivity index (χ1n) is 10.5. The third-order valence-corrected chi connectivity index (χ3v) is 6.17. The molecule has 1 unspecified atom stereocenters. The summed E-state index contributed by atoms with van der Waals surface area (Å²) >= 11 is 1.10. The van der Waals surface area contributed by atoms with Gasteiger partial charge in [0.25, 0.3) is 11.8 Å². The van der Waals surface area contributed by atoms with Gasteiger partial charge in [-0.2, -0.15) is 0 Å². The van der Waals surface area contributed by atoms with E-state index in [1.165, 1.54) is 4.90 Å². The molecule has 1 aliphatic rings. The second-order valence-corrected chi connectivity index (χ2v) is 8.71. The standard InChI is InChI=1S/C23H26N4O3S/c1-14-8-9-15(2)19(12-14)27(23(29)18-13-31-26-25-18)21(20-11-10-16(3)30-20)22(28)24-17-6-4-5-7-17/h8-13,17,21H,4-7H2,1-3H3,(H,24,28). The van der Waals surface area contributed by atoms with Crippen molar-refractivity contribution < 1.29 is 14.0 Å². The zero-order valence-corrected chi connectivity index (χ0v) is 18.7. The van der Waals surface area contributed by atoms with Crippen LogP contribution in [0.15, 0.2) is 40.1 Å². The Morgan fingerprint density at radius 1 is 1.16 bits per heavy atom. The molecule has 1 aromatic carbocycles. The Labute approximate surface area is 185 Å². The monoisotopic (exact) mass is 438 g/mol. The Morgan fingerprint density at radius 3 is 2.58 bits per heavy atom. The van der Waals surface area contributed by atoms with Crippen LogP contribution in [0.25, 0.3) is 0 Å². The molecule has 7 nitrogen and oxygen atoms in total. The van der Waals surface area contributed by atoms with Crippen LogP contribution in [0.4, 0.5) is 5.69 Å². The van der Waals surface area contributed by atoms with Crippen LogP contribution in [0.2, 0.25) is 0 Å². The number of carbonyl (C=O) groups is 2. The van der Waals surface area contributed by atoms with Gasteiger partial charge in [0, 0.05) is 17.1 Å². The number of nitrogens with one attached hydrogen (secondary N) is 1. The van der Waals surface area contributed by atoms with Crippen LogP contribution in [0, 0.1) is 20.8 Å². The number of aryl methyl sites for hydroxylation is 3. The van der Waals surface area contributed by atoms with Crippen LogP contribution in [0.1, 0.15) is 64.9 Å². The Morgan fingerprint density at radius 2 is 1.94 bits per heavy atom. The maximum atomic E-state index is 13.6. The maximum absolute atomic E-state index is 13.6. The number of furan rings is 1. The smallest absolute Gasteiger partial charge is 0.280 e. The highest BCUT2D eigenvalue weighted by Gasteiger charge is 2.38. The number of hydrogen-bond donors (Lipinski definition) is 1. The Bertz CT molecular complexity index is 1070. The fraction of sp³-hybridized carbons (Fsp3) is 0.391. The lowest BCUT2D eigenvalue weighted by Gasteiger charge is -2.31. The predicted octanol–water partition coefficient (Wildman–Crippen LogP) is 4.50. The maximum Gasteiger partial charge on any atom is 0.280 e. The van der Waals surface area contributed by atoms with Crippen molar-refractivity contribution >= 4 is 29.0 Å². The van der Waals surface area contributed by atoms with Crippen molar-refractivity contribution in [1.29, 1.82) is 0 Å². The van der Waals surface area contributed by atoms with Crippen LogP contribution < -0.4 is 10.2 Å².